The second-order valence-corrected chi connectivity index (χ2v) is 5.62. The molecule has 0 bridgehead atoms. The summed E-state index contributed by atoms with van der Waals surface area (Å²) >= 11 is 6.36. The van der Waals surface area contributed by atoms with Crippen molar-refractivity contribution in [1.82, 2.24) is 5.01 Å². The van der Waals surface area contributed by atoms with E-state index in [4.69, 9.17) is 21.7 Å². The van der Waals surface area contributed by atoms with Crippen molar-refractivity contribution in [3.8, 4) is 11.5 Å². The minimum atomic E-state index is -0.112. The second-order valence-electron chi connectivity index (χ2n) is 4.01. The van der Waals surface area contributed by atoms with Gasteiger partial charge < -0.3 is 9.47 Å². The van der Waals surface area contributed by atoms with Crippen molar-refractivity contribution >= 4 is 40.4 Å². The number of carbonyl (C=O) groups is 1. The summed E-state index contributed by atoms with van der Waals surface area (Å²) in [7, 11) is 1.56. The lowest BCUT2D eigenvalue weighted by atomic mass is 10.2. The molecule has 1 aliphatic heterocycles. The van der Waals surface area contributed by atoms with Crippen LogP contribution in [0, 0.1) is 0 Å². The highest BCUT2D eigenvalue weighted by molar-refractivity contribution is 8.23. The maximum Gasteiger partial charge on any atom is 0.259 e. The van der Waals surface area contributed by atoms with Crippen LogP contribution in [0.5, 0.6) is 11.5 Å². The molecule has 2 rings (SSSR count). The predicted octanol–water partition coefficient (Wildman–Crippen LogP) is 2.45. The fraction of sp³-hybridized carbons (Fsp3) is 0.214. The number of nitrogens with zero attached hydrogens (tertiary/aromatic N) is 2. The van der Waals surface area contributed by atoms with Gasteiger partial charge in [-0.25, -0.2) is 0 Å². The average Bonchev–Trinajstić information content (AvgIpc) is 2.82. The van der Waals surface area contributed by atoms with E-state index in [0.29, 0.717) is 28.2 Å². The van der Waals surface area contributed by atoms with Crippen LogP contribution in [0.4, 0.5) is 0 Å². The molecule has 1 fully saturated rings. The van der Waals surface area contributed by atoms with E-state index in [-0.39, 0.29) is 5.91 Å². The molecular formula is C14H14N2O3S2. The smallest absolute Gasteiger partial charge is 0.259 e. The number of rotatable bonds is 6. The minimum Gasteiger partial charge on any atom is -0.493 e. The van der Waals surface area contributed by atoms with Gasteiger partial charge in [0.1, 0.15) is 6.61 Å². The van der Waals surface area contributed by atoms with Gasteiger partial charge in [-0.1, -0.05) is 36.6 Å². The summed E-state index contributed by atoms with van der Waals surface area (Å²) in [6, 6.07) is 5.38. The van der Waals surface area contributed by atoms with Gasteiger partial charge in [-0.3, -0.25) is 4.79 Å². The Bertz CT molecular complexity index is 586. The summed E-state index contributed by atoms with van der Waals surface area (Å²) in [6.45, 7) is 4.00. The molecule has 0 atom stereocenters. The third-order valence-electron chi connectivity index (χ3n) is 2.59. The number of ether oxygens (including phenoxy) is 2. The van der Waals surface area contributed by atoms with Crippen molar-refractivity contribution in [1.29, 1.82) is 0 Å². The van der Waals surface area contributed by atoms with Crippen LogP contribution in [0.25, 0.3) is 0 Å². The van der Waals surface area contributed by atoms with Crippen LogP contribution in [0.1, 0.15) is 5.56 Å². The molecule has 1 aliphatic rings. The molecule has 1 amide bonds. The fourth-order valence-corrected chi connectivity index (χ4v) is 2.58. The predicted molar refractivity (Wildman–Crippen MR) is 88.2 cm³/mol. The monoisotopic (exact) mass is 322 g/mol. The molecule has 1 aromatic carbocycles. The number of benzene rings is 1. The molecule has 0 spiro atoms. The van der Waals surface area contributed by atoms with Crippen LogP contribution in [0.3, 0.4) is 0 Å². The first-order valence-corrected chi connectivity index (χ1v) is 7.50. The fourth-order valence-electron chi connectivity index (χ4n) is 1.62. The number of hydrogen-bond donors (Lipinski definition) is 0. The molecule has 1 aromatic rings. The van der Waals surface area contributed by atoms with Crippen LogP contribution in [0.2, 0.25) is 0 Å². The van der Waals surface area contributed by atoms with Crippen molar-refractivity contribution in [2.45, 2.75) is 0 Å². The number of hydrogen-bond acceptors (Lipinski definition) is 6. The molecule has 0 N–H and O–H groups in total. The first kappa shape index (κ1) is 15.5. The topological polar surface area (TPSA) is 51.1 Å². The number of hydrazone groups is 1. The number of carbonyl (C=O) groups excluding carboxylic acids is 1. The van der Waals surface area contributed by atoms with Crippen molar-refractivity contribution in [2.24, 2.45) is 5.10 Å². The Kier molecular flexibility index (Phi) is 5.35. The lowest BCUT2D eigenvalue weighted by Gasteiger charge is -2.10. The highest BCUT2D eigenvalue weighted by Gasteiger charge is 2.25. The Morgan fingerprint density at radius 1 is 1.52 bits per heavy atom. The highest BCUT2D eigenvalue weighted by atomic mass is 32.2. The maximum absolute atomic E-state index is 11.6. The van der Waals surface area contributed by atoms with Crippen LogP contribution < -0.4 is 9.47 Å². The first-order valence-electron chi connectivity index (χ1n) is 6.11. The molecule has 1 heterocycles. The normalized spacial score (nSPS) is 14.8. The molecule has 0 aliphatic carbocycles. The van der Waals surface area contributed by atoms with Crippen LogP contribution in [-0.4, -0.2) is 40.9 Å². The number of methoxy groups -OCH3 is 1. The number of thioether (sulfide) groups is 1. The third-order valence-corrected chi connectivity index (χ3v) is 3.93. The molecule has 0 aromatic heterocycles. The largest absolute Gasteiger partial charge is 0.493 e. The van der Waals surface area contributed by atoms with E-state index < -0.39 is 0 Å². The maximum atomic E-state index is 11.6. The first-order chi connectivity index (χ1) is 10.2. The van der Waals surface area contributed by atoms with Gasteiger partial charge in [0.05, 0.1) is 19.1 Å². The molecular weight excluding hydrogens is 308 g/mol. The van der Waals surface area contributed by atoms with Gasteiger partial charge in [0, 0.05) is 0 Å². The van der Waals surface area contributed by atoms with Gasteiger partial charge >= 0.3 is 0 Å². The van der Waals surface area contributed by atoms with Gasteiger partial charge in [0.25, 0.3) is 5.91 Å². The van der Waals surface area contributed by atoms with E-state index in [9.17, 15) is 4.79 Å². The van der Waals surface area contributed by atoms with Crippen LogP contribution >= 0.6 is 24.0 Å². The molecule has 0 radical (unpaired) electrons. The van der Waals surface area contributed by atoms with Crippen LogP contribution in [-0.2, 0) is 4.79 Å². The Balaban J connectivity index is 2.15. The van der Waals surface area contributed by atoms with E-state index in [1.54, 1.807) is 31.5 Å². The summed E-state index contributed by atoms with van der Waals surface area (Å²) in [5.41, 5.74) is 0.783. The summed E-state index contributed by atoms with van der Waals surface area (Å²) in [6.07, 6.45) is 3.22. The summed E-state index contributed by atoms with van der Waals surface area (Å²) in [5, 5.41) is 5.34. The van der Waals surface area contributed by atoms with Crippen molar-refractivity contribution < 1.29 is 14.3 Å². The zero-order valence-electron chi connectivity index (χ0n) is 11.4. The molecule has 0 saturated carbocycles. The Morgan fingerprint density at radius 2 is 2.33 bits per heavy atom. The standard InChI is InChI=1S/C14H14N2O3S2/c1-3-6-19-11-5-4-10(7-12(11)18-2)8-15-16-13(17)9-21-14(16)20/h3-5,7-8H,1,6,9H2,2H3/b15-8+. The lowest BCUT2D eigenvalue weighted by molar-refractivity contribution is -0.123. The van der Waals surface area contributed by atoms with Crippen molar-refractivity contribution in [3.05, 3.63) is 36.4 Å². The average molecular weight is 322 g/mol. The molecule has 110 valence electrons. The van der Waals surface area contributed by atoms with Gasteiger partial charge in [0.2, 0.25) is 0 Å². The third kappa shape index (κ3) is 3.83. The van der Waals surface area contributed by atoms with E-state index in [1.165, 1.54) is 16.8 Å². The molecule has 1 saturated heterocycles. The van der Waals surface area contributed by atoms with Gasteiger partial charge in [-0.05, 0) is 23.8 Å². The minimum absolute atomic E-state index is 0.112. The molecule has 21 heavy (non-hydrogen) atoms. The van der Waals surface area contributed by atoms with Gasteiger partial charge in [-0.2, -0.15) is 10.1 Å². The SMILES string of the molecule is C=CCOc1ccc(/C=N/N2C(=O)CSC2=S)cc1OC. The van der Waals surface area contributed by atoms with E-state index in [1.807, 2.05) is 6.07 Å². The molecule has 5 nitrogen and oxygen atoms in total. The Morgan fingerprint density at radius 3 is 2.95 bits per heavy atom. The summed E-state index contributed by atoms with van der Waals surface area (Å²) in [5.74, 6) is 1.44. The lowest BCUT2D eigenvalue weighted by Crippen LogP contribution is -2.22. The van der Waals surface area contributed by atoms with Gasteiger partial charge in [0.15, 0.2) is 15.8 Å². The van der Waals surface area contributed by atoms with Crippen LogP contribution in [0.15, 0.2) is 36.0 Å². The quantitative estimate of drug-likeness (QED) is 0.457. The van der Waals surface area contributed by atoms with Crippen molar-refractivity contribution in [2.75, 3.05) is 19.5 Å². The highest BCUT2D eigenvalue weighted by Crippen LogP contribution is 2.27. The Labute approximate surface area is 132 Å². The number of amides is 1. The van der Waals surface area contributed by atoms with Crippen molar-refractivity contribution in [3.63, 3.8) is 0 Å². The second kappa shape index (κ2) is 7.24. The molecule has 7 heteroatoms. The summed E-state index contributed by atoms with van der Waals surface area (Å²) < 4.78 is 11.2. The zero-order valence-corrected chi connectivity index (χ0v) is 13.1. The zero-order chi connectivity index (χ0) is 15.2. The number of thiocarbonyl (C=S) groups is 1. The Hall–Kier alpha value is -1.86. The van der Waals surface area contributed by atoms with Gasteiger partial charge in [-0.15, -0.1) is 0 Å². The molecule has 0 unspecified atom stereocenters. The van der Waals surface area contributed by atoms with E-state index >= 15 is 0 Å². The van der Waals surface area contributed by atoms with E-state index in [0.717, 1.165) is 5.56 Å². The van der Waals surface area contributed by atoms with E-state index in [2.05, 4.69) is 11.7 Å². The summed E-state index contributed by atoms with van der Waals surface area (Å²) in [4.78, 5) is 11.6.